The lowest BCUT2D eigenvalue weighted by atomic mass is 10.0. The number of amides is 1. The third-order valence-corrected chi connectivity index (χ3v) is 6.70. The number of pyridine rings is 2. The fourth-order valence-electron chi connectivity index (χ4n) is 4.84. The van der Waals surface area contributed by atoms with Gasteiger partial charge in [0.05, 0.1) is 11.9 Å². The predicted octanol–water partition coefficient (Wildman–Crippen LogP) is 2.29. The van der Waals surface area contributed by atoms with Crippen molar-refractivity contribution in [2.45, 2.75) is 44.6 Å². The summed E-state index contributed by atoms with van der Waals surface area (Å²) in [6.07, 6.45) is 5.59. The van der Waals surface area contributed by atoms with Crippen molar-refractivity contribution in [2.75, 3.05) is 38.1 Å². The molecule has 4 rings (SSSR count). The Labute approximate surface area is 181 Å². The van der Waals surface area contributed by atoms with Crippen LogP contribution in [0, 0.1) is 5.82 Å². The number of nitrogens with zero attached hydrogens (tertiary/aromatic N) is 3. The second kappa shape index (κ2) is 9.18. The first-order valence-electron chi connectivity index (χ1n) is 11.1. The summed E-state index contributed by atoms with van der Waals surface area (Å²) in [4.78, 5) is 35.5. The standard InChI is InChI=1S/C23H30FN5O2/c1-3-15-5-7-20(27-22(15)30)16-4-6-17(12-16)28-8-10-29(11-9-28)18-13-19(24)21(26-14-18)23(31)25-2/h5,7,13-14,16-17H,3-4,6,8-12H2,1-2H3,(H,25,31)(H,27,30)/t16-,17-/m1/s1. The highest BCUT2D eigenvalue weighted by Gasteiger charge is 2.32. The van der Waals surface area contributed by atoms with E-state index in [0.717, 1.165) is 63.1 Å². The molecule has 1 saturated heterocycles. The van der Waals surface area contributed by atoms with Crippen LogP contribution in [0.15, 0.2) is 29.2 Å². The van der Waals surface area contributed by atoms with Crippen LogP contribution < -0.4 is 15.8 Å². The Bertz CT molecular complexity index is 1000. The minimum atomic E-state index is -0.596. The molecule has 166 valence electrons. The zero-order valence-electron chi connectivity index (χ0n) is 18.2. The summed E-state index contributed by atoms with van der Waals surface area (Å²) in [5, 5.41) is 2.40. The highest BCUT2D eigenvalue weighted by molar-refractivity contribution is 5.92. The van der Waals surface area contributed by atoms with Crippen molar-refractivity contribution in [3.63, 3.8) is 0 Å². The van der Waals surface area contributed by atoms with Gasteiger partial charge in [-0.2, -0.15) is 0 Å². The highest BCUT2D eigenvalue weighted by atomic mass is 19.1. The number of aryl methyl sites for hydroxylation is 1. The minimum Gasteiger partial charge on any atom is -0.368 e. The van der Waals surface area contributed by atoms with Crippen LogP contribution in [0.3, 0.4) is 0 Å². The summed E-state index contributed by atoms with van der Waals surface area (Å²) in [7, 11) is 1.46. The maximum atomic E-state index is 14.3. The van der Waals surface area contributed by atoms with E-state index >= 15 is 0 Å². The van der Waals surface area contributed by atoms with Gasteiger partial charge < -0.3 is 15.2 Å². The first-order chi connectivity index (χ1) is 15.0. The molecule has 1 saturated carbocycles. The van der Waals surface area contributed by atoms with Gasteiger partial charge in [0.25, 0.3) is 11.5 Å². The van der Waals surface area contributed by atoms with E-state index in [9.17, 15) is 14.0 Å². The molecule has 2 N–H and O–H groups in total. The van der Waals surface area contributed by atoms with Gasteiger partial charge in [-0.1, -0.05) is 13.0 Å². The summed E-state index contributed by atoms with van der Waals surface area (Å²) in [5.74, 6) is -0.714. The Balaban J connectivity index is 1.34. The maximum absolute atomic E-state index is 14.3. The fraction of sp³-hybridized carbons (Fsp3) is 0.522. The van der Waals surface area contributed by atoms with E-state index in [1.807, 2.05) is 13.0 Å². The molecule has 3 heterocycles. The number of aromatic amines is 1. The molecule has 0 bridgehead atoms. The Morgan fingerprint density at radius 2 is 2.03 bits per heavy atom. The van der Waals surface area contributed by atoms with Crippen LogP contribution in [0.1, 0.15) is 53.8 Å². The number of hydrogen-bond donors (Lipinski definition) is 2. The molecule has 0 radical (unpaired) electrons. The molecule has 2 aromatic rings. The molecule has 0 spiro atoms. The number of hydrogen-bond acceptors (Lipinski definition) is 5. The highest BCUT2D eigenvalue weighted by Crippen LogP contribution is 2.36. The molecule has 2 aromatic heterocycles. The van der Waals surface area contributed by atoms with E-state index in [1.165, 1.54) is 13.1 Å². The topological polar surface area (TPSA) is 81.3 Å². The van der Waals surface area contributed by atoms with Crippen LogP contribution in [-0.4, -0.2) is 60.0 Å². The largest absolute Gasteiger partial charge is 0.368 e. The molecule has 7 nitrogen and oxygen atoms in total. The Kier molecular flexibility index (Phi) is 6.36. The van der Waals surface area contributed by atoms with E-state index in [-0.39, 0.29) is 11.3 Å². The zero-order valence-corrected chi connectivity index (χ0v) is 18.2. The maximum Gasteiger partial charge on any atom is 0.272 e. The predicted molar refractivity (Wildman–Crippen MR) is 118 cm³/mol. The van der Waals surface area contributed by atoms with Crippen LogP contribution in [0.2, 0.25) is 0 Å². The number of aromatic nitrogens is 2. The average Bonchev–Trinajstić information content (AvgIpc) is 3.29. The summed E-state index contributed by atoms with van der Waals surface area (Å²) in [6.45, 7) is 5.40. The van der Waals surface area contributed by atoms with E-state index in [1.54, 1.807) is 6.20 Å². The van der Waals surface area contributed by atoms with Gasteiger partial charge in [-0.05, 0) is 31.7 Å². The number of carbonyl (C=O) groups is 1. The van der Waals surface area contributed by atoms with E-state index in [2.05, 4.69) is 31.2 Å². The second-order valence-corrected chi connectivity index (χ2v) is 8.41. The molecule has 1 aliphatic heterocycles. The lowest BCUT2D eigenvalue weighted by Crippen LogP contribution is -2.49. The summed E-state index contributed by atoms with van der Waals surface area (Å²) in [6, 6.07) is 5.94. The van der Waals surface area contributed by atoms with Crippen molar-refractivity contribution in [3.05, 3.63) is 57.5 Å². The monoisotopic (exact) mass is 427 g/mol. The smallest absolute Gasteiger partial charge is 0.272 e. The number of anilines is 1. The Hall–Kier alpha value is -2.74. The minimum absolute atomic E-state index is 0.0420. The number of rotatable bonds is 5. The molecule has 0 aromatic carbocycles. The number of halogens is 1. The van der Waals surface area contributed by atoms with Crippen molar-refractivity contribution in [3.8, 4) is 0 Å². The van der Waals surface area contributed by atoms with Crippen molar-refractivity contribution >= 4 is 11.6 Å². The van der Waals surface area contributed by atoms with E-state index in [0.29, 0.717) is 17.6 Å². The molecule has 8 heteroatoms. The van der Waals surface area contributed by atoms with E-state index < -0.39 is 11.7 Å². The molecule has 2 fully saturated rings. The number of H-pyrrole nitrogens is 1. The fourth-order valence-corrected chi connectivity index (χ4v) is 4.84. The molecular weight excluding hydrogens is 397 g/mol. The zero-order chi connectivity index (χ0) is 22.0. The van der Waals surface area contributed by atoms with Crippen LogP contribution in [0.25, 0.3) is 0 Å². The van der Waals surface area contributed by atoms with Crippen LogP contribution in [0.4, 0.5) is 10.1 Å². The van der Waals surface area contributed by atoms with Crippen molar-refractivity contribution < 1.29 is 9.18 Å². The van der Waals surface area contributed by atoms with Crippen molar-refractivity contribution in [1.82, 2.24) is 20.2 Å². The van der Waals surface area contributed by atoms with Crippen LogP contribution in [-0.2, 0) is 6.42 Å². The number of piperazine rings is 1. The van der Waals surface area contributed by atoms with Gasteiger partial charge in [-0.15, -0.1) is 0 Å². The van der Waals surface area contributed by atoms with E-state index in [4.69, 9.17) is 0 Å². The van der Waals surface area contributed by atoms with Gasteiger partial charge in [-0.3, -0.25) is 14.5 Å². The molecule has 2 atom stereocenters. The van der Waals surface area contributed by atoms with Gasteiger partial charge in [0.15, 0.2) is 11.5 Å². The third kappa shape index (κ3) is 4.49. The van der Waals surface area contributed by atoms with Crippen LogP contribution in [0.5, 0.6) is 0 Å². The van der Waals surface area contributed by atoms with Gasteiger partial charge in [0.2, 0.25) is 0 Å². The van der Waals surface area contributed by atoms with Gasteiger partial charge >= 0.3 is 0 Å². The summed E-state index contributed by atoms with van der Waals surface area (Å²) in [5.41, 5.74) is 2.47. The van der Waals surface area contributed by atoms with Crippen molar-refractivity contribution in [1.29, 1.82) is 0 Å². The molecular formula is C23H30FN5O2. The first-order valence-corrected chi connectivity index (χ1v) is 11.1. The normalized spacial score (nSPS) is 22.0. The number of carbonyl (C=O) groups excluding carboxylic acids is 1. The van der Waals surface area contributed by atoms with Crippen molar-refractivity contribution in [2.24, 2.45) is 0 Å². The average molecular weight is 428 g/mol. The lowest BCUT2D eigenvalue weighted by Gasteiger charge is -2.39. The Morgan fingerprint density at radius 3 is 2.68 bits per heavy atom. The summed E-state index contributed by atoms with van der Waals surface area (Å²) < 4.78 is 14.3. The van der Waals surface area contributed by atoms with Gasteiger partial charge in [0, 0.05) is 62.5 Å². The van der Waals surface area contributed by atoms with Crippen LogP contribution >= 0.6 is 0 Å². The van der Waals surface area contributed by atoms with Gasteiger partial charge in [-0.25, -0.2) is 9.37 Å². The molecule has 1 amide bonds. The molecule has 1 aliphatic carbocycles. The van der Waals surface area contributed by atoms with Gasteiger partial charge in [0.1, 0.15) is 0 Å². The molecule has 31 heavy (non-hydrogen) atoms. The molecule has 0 unspecified atom stereocenters. The number of nitrogens with one attached hydrogen (secondary N) is 2. The molecule has 2 aliphatic rings. The Morgan fingerprint density at radius 1 is 1.26 bits per heavy atom. The summed E-state index contributed by atoms with van der Waals surface area (Å²) >= 11 is 0. The first kappa shape index (κ1) is 21.5. The quantitative estimate of drug-likeness (QED) is 0.765. The lowest BCUT2D eigenvalue weighted by molar-refractivity contribution is 0.0953. The SMILES string of the molecule is CCc1ccc([C@@H]2CC[C@@H](N3CCN(c4cnc(C(=O)NC)c(F)c4)CC3)C2)[nH]c1=O. The second-order valence-electron chi connectivity index (χ2n) is 8.41. The third-order valence-electron chi connectivity index (χ3n) is 6.70.